The van der Waals surface area contributed by atoms with Crippen LogP contribution in [0.2, 0.25) is 0 Å². The second kappa shape index (κ2) is 12.0. The molecule has 1 aliphatic heterocycles. The molecule has 0 atom stereocenters. The lowest BCUT2D eigenvalue weighted by Gasteiger charge is -2.33. The molecule has 4 rings (SSSR count). The molecule has 0 unspecified atom stereocenters. The lowest BCUT2D eigenvalue weighted by Crippen LogP contribution is -2.30. The second-order valence-corrected chi connectivity index (χ2v) is 9.62. The van der Waals surface area contributed by atoms with Gasteiger partial charge >= 0.3 is 0 Å². The molecule has 1 saturated heterocycles. The molecule has 0 spiro atoms. The van der Waals surface area contributed by atoms with E-state index < -0.39 is 0 Å². The Bertz CT molecular complexity index is 942. The van der Waals surface area contributed by atoms with Gasteiger partial charge in [0.25, 0.3) is 0 Å². The maximum atomic E-state index is 6.05. The average Bonchev–Trinajstić information content (AvgIpc) is 3.30. The molecule has 1 aliphatic rings. The van der Waals surface area contributed by atoms with Crippen molar-refractivity contribution in [2.24, 2.45) is 0 Å². The van der Waals surface area contributed by atoms with Crippen LogP contribution in [0.4, 0.5) is 11.4 Å². The van der Waals surface area contributed by atoms with Crippen LogP contribution in [0.1, 0.15) is 68.3 Å². The highest BCUT2D eigenvalue weighted by Crippen LogP contribution is 2.38. The van der Waals surface area contributed by atoms with Crippen molar-refractivity contribution in [3.05, 3.63) is 89.5 Å². The number of rotatable bonds is 11. The van der Waals surface area contributed by atoms with Crippen molar-refractivity contribution in [1.82, 2.24) is 0 Å². The number of unbranched alkanes of at least 4 members (excludes halogenated alkanes) is 5. The van der Waals surface area contributed by atoms with E-state index in [1.165, 1.54) is 60.2 Å². The highest BCUT2D eigenvalue weighted by atomic mass is 16.5. The van der Waals surface area contributed by atoms with E-state index in [2.05, 4.69) is 103 Å². The third-order valence-electron chi connectivity index (χ3n) is 6.85. The zero-order valence-corrected chi connectivity index (χ0v) is 21.2. The van der Waals surface area contributed by atoms with Crippen LogP contribution in [-0.2, 0) is 0 Å². The molecule has 1 fully saturated rings. The molecule has 0 amide bonds. The summed E-state index contributed by atoms with van der Waals surface area (Å²) in [6, 6.07) is 26.6. The summed E-state index contributed by atoms with van der Waals surface area (Å²) in [5, 5.41) is 0. The number of nitrogens with zero attached hydrogens (tertiary/aromatic N) is 2. The number of anilines is 2. The molecule has 1 heterocycles. The number of hydrogen-bond acceptors (Lipinski definition) is 3. The number of ether oxygens (including phenoxy) is 1. The fourth-order valence-electron chi connectivity index (χ4n) is 4.81. The second-order valence-electron chi connectivity index (χ2n) is 9.62. The van der Waals surface area contributed by atoms with Crippen molar-refractivity contribution < 1.29 is 4.74 Å². The van der Waals surface area contributed by atoms with Gasteiger partial charge in [-0.15, -0.1) is 0 Å². The van der Waals surface area contributed by atoms with Gasteiger partial charge in [0.05, 0.1) is 6.61 Å². The molecule has 0 N–H and O–H groups in total. The first-order chi connectivity index (χ1) is 16.7. The van der Waals surface area contributed by atoms with E-state index in [4.69, 9.17) is 4.74 Å². The summed E-state index contributed by atoms with van der Waals surface area (Å²) >= 11 is 0. The molecule has 3 heteroatoms. The zero-order valence-electron chi connectivity index (χ0n) is 21.2. The van der Waals surface area contributed by atoms with Gasteiger partial charge < -0.3 is 14.5 Å². The fourth-order valence-corrected chi connectivity index (χ4v) is 4.81. The predicted octanol–water partition coefficient (Wildman–Crippen LogP) is 8.07. The topological polar surface area (TPSA) is 15.7 Å². The Labute approximate surface area is 206 Å². The van der Waals surface area contributed by atoms with Gasteiger partial charge in [0, 0.05) is 24.5 Å². The molecular weight excluding hydrogens is 416 g/mol. The Kier molecular flexibility index (Phi) is 8.51. The van der Waals surface area contributed by atoms with Crippen molar-refractivity contribution >= 4 is 11.4 Å². The molecule has 0 bridgehead atoms. The predicted molar refractivity (Wildman–Crippen MR) is 145 cm³/mol. The van der Waals surface area contributed by atoms with Gasteiger partial charge in [-0.05, 0) is 62.2 Å². The average molecular weight is 457 g/mol. The van der Waals surface area contributed by atoms with Gasteiger partial charge in [-0.25, -0.2) is 0 Å². The van der Waals surface area contributed by atoms with Crippen molar-refractivity contribution in [1.29, 1.82) is 0 Å². The Hall–Kier alpha value is -2.94. The Morgan fingerprint density at radius 1 is 0.647 bits per heavy atom. The molecule has 34 heavy (non-hydrogen) atoms. The third-order valence-corrected chi connectivity index (χ3v) is 6.85. The van der Waals surface area contributed by atoms with Crippen LogP contribution in [0.5, 0.6) is 5.75 Å². The minimum Gasteiger partial charge on any atom is -0.494 e. The largest absolute Gasteiger partial charge is 0.494 e. The maximum absolute atomic E-state index is 6.05. The molecule has 0 radical (unpaired) electrons. The van der Waals surface area contributed by atoms with Gasteiger partial charge in [-0.1, -0.05) is 86.6 Å². The van der Waals surface area contributed by atoms with Crippen LogP contribution in [0.15, 0.2) is 72.8 Å². The first kappa shape index (κ1) is 24.2. The SMILES string of the molecule is CCCCCCCCOc1ccc(C2N(c3ccc(C)cc3)CCN2c2ccc(C)cc2)cc1. The van der Waals surface area contributed by atoms with Crippen molar-refractivity contribution in [2.75, 3.05) is 29.5 Å². The molecule has 180 valence electrons. The van der Waals surface area contributed by atoms with E-state index in [1.54, 1.807) is 0 Å². The summed E-state index contributed by atoms with van der Waals surface area (Å²) in [5.41, 5.74) is 6.43. The van der Waals surface area contributed by atoms with Gasteiger partial charge in [0.1, 0.15) is 11.9 Å². The normalized spacial score (nSPS) is 14.1. The van der Waals surface area contributed by atoms with Crippen molar-refractivity contribution in [3.63, 3.8) is 0 Å². The van der Waals surface area contributed by atoms with E-state index in [1.807, 2.05) is 0 Å². The van der Waals surface area contributed by atoms with E-state index in [-0.39, 0.29) is 6.17 Å². The zero-order chi connectivity index (χ0) is 23.8. The standard InChI is InChI=1S/C31H40N2O/c1-4-5-6-7-8-9-24-34-30-20-14-27(15-21-30)31-32(28-16-10-25(2)11-17-28)22-23-33(31)29-18-12-26(3)13-19-29/h10-21,31H,4-9,22-24H2,1-3H3. The van der Waals surface area contributed by atoms with Gasteiger partial charge in [-0.2, -0.15) is 0 Å². The van der Waals surface area contributed by atoms with Crippen LogP contribution >= 0.6 is 0 Å². The summed E-state index contributed by atoms with van der Waals surface area (Å²) in [5.74, 6) is 0.971. The van der Waals surface area contributed by atoms with Crippen LogP contribution in [0.3, 0.4) is 0 Å². The smallest absolute Gasteiger partial charge is 0.128 e. The molecule has 3 nitrogen and oxygen atoms in total. The van der Waals surface area contributed by atoms with E-state index in [0.717, 1.165) is 31.9 Å². The monoisotopic (exact) mass is 456 g/mol. The van der Waals surface area contributed by atoms with Crippen LogP contribution in [-0.4, -0.2) is 19.7 Å². The summed E-state index contributed by atoms with van der Waals surface area (Å²) in [6.07, 6.45) is 7.88. The number of benzene rings is 3. The summed E-state index contributed by atoms with van der Waals surface area (Å²) in [6.45, 7) is 9.36. The van der Waals surface area contributed by atoms with Gasteiger partial charge in [0.15, 0.2) is 0 Å². The van der Waals surface area contributed by atoms with E-state index in [9.17, 15) is 0 Å². The lowest BCUT2D eigenvalue weighted by atomic mass is 10.1. The van der Waals surface area contributed by atoms with Crippen LogP contribution in [0, 0.1) is 13.8 Å². The lowest BCUT2D eigenvalue weighted by molar-refractivity contribution is 0.304. The summed E-state index contributed by atoms with van der Waals surface area (Å²) < 4.78 is 6.05. The van der Waals surface area contributed by atoms with E-state index >= 15 is 0 Å². The first-order valence-corrected chi connectivity index (χ1v) is 13.0. The summed E-state index contributed by atoms with van der Waals surface area (Å²) in [4.78, 5) is 5.04. The van der Waals surface area contributed by atoms with E-state index in [0.29, 0.717) is 0 Å². The van der Waals surface area contributed by atoms with Crippen molar-refractivity contribution in [3.8, 4) is 5.75 Å². The number of hydrogen-bond donors (Lipinski definition) is 0. The quantitative estimate of drug-likeness (QED) is 0.271. The fraction of sp³-hybridized carbons (Fsp3) is 0.419. The highest BCUT2D eigenvalue weighted by molar-refractivity contribution is 5.59. The summed E-state index contributed by atoms with van der Waals surface area (Å²) in [7, 11) is 0. The minimum absolute atomic E-state index is 0.165. The molecule has 3 aromatic carbocycles. The van der Waals surface area contributed by atoms with Gasteiger partial charge in [-0.3, -0.25) is 0 Å². The highest BCUT2D eigenvalue weighted by Gasteiger charge is 2.33. The number of aryl methyl sites for hydroxylation is 2. The molecule has 0 aliphatic carbocycles. The van der Waals surface area contributed by atoms with Crippen LogP contribution < -0.4 is 14.5 Å². The Morgan fingerprint density at radius 2 is 1.15 bits per heavy atom. The molecule has 0 aromatic heterocycles. The van der Waals surface area contributed by atoms with Crippen molar-refractivity contribution in [2.45, 2.75) is 65.5 Å². The Balaban J connectivity index is 1.47. The van der Waals surface area contributed by atoms with Crippen LogP contribution in [0.25, 0.3) is 0 Å². The molecular formula is C31H40N2O. The maximum Gasteiger partial charge on any atom is 0.128 e. The molecule has 3 aromatic rings. The third kappa shape index (κ3) is 6.14. The first-order valence-electron chi connectivity index (χ1n) is 13.0. The Morgan fingerprint density at radius 3 is 1.68 bits per heavy atom. The van der Waals surface area contributed by atoms with Gasteiger partial charge in [0.2, 0.25) is 0 Å². The molecule has 0 saturated carbocycles. The minimum atomic E-state index is 0.165.